The minimum Gasteiger partial charge on any atom is -0.481 e. The Balaban J connectivity index is 1.84. The van der Waals surface area contributed by atoms with E-state index in [0.717, 1.165) is 16.6 Å². The van der Waals surface area contributed by atoms with E-state index < -0.39 is 0 Å². The second-order valence-corrected chi connectivity index (χ2v) is 5.29. The van der Waals surface area contributed by atoms with Crippen LogP contribution in [0.15, 0.2) is 61.4 Å². The van der Waals surface area contributed by atoms with Gasteiger partial charge < -0.3 is 15.4 Å². The number of fused-ring (bicyclic) bond motifs is 1. The summed E-state index contributed by atoms with van der Waals surface area (Å²) < 4.78 is 5.46. The lowest BCUT2D eigenvalue weighted by atomic mass is 10.2. The molecule has 1 amide bonds. The van der Waals surface area contributed by atoms with Gasteiger partial charge in [-0.2, -0.15) is 0 Å². The van der Waals surface area contributed by atoms with E-state index >= 15 is 0 Å². The first-order chi connectivity index (χ1) is 12.7. The number of hydrogen-bond acceptors (Lipinski definition) is 5. The summed E-state index contributed by atoms with van der Waals surface area (Å²) in [6, 6.07) is 12.8. The molecule has 128 valence electrons. The SMILES string of the molecule is C#CCOc1ccc2ncnc(Nc3ccc(NC(=O)C=C)cc3)c2c1. The van der Waals surface area contributed by atoms with Crippen LogP contribution in [0.5, 0.6) is 5.75 Å². The summed E-state index contributed by atoms with van der Waals surface area (Å²) in [7, 11) is 0. The van der Waals surface area contributed by atoms with Crippen molar-refractivity contribution in [3.63, 3.8) is 0 Å². The van der Waals surface area contributed by atoms with Crippen molar-refractivity contribution in [2.45, 2.75) is 0 Å². The van der Waals surface area contributed by atoms with E-state index in [1.807, 2.05) is 30.3 Å². The van der Waals surface area contributed by atoms with Gasteiger partial charge in [0.05, 0.1) is 5.52 Å². The summed E-state index contributed by atoms with van der Waals surface area (Å²) in [5, 5.41) is 6.75. The van der Waals surface area contributed by atoms with Gasteiger partial charge in [0.25, 0.3) is 0 Å². The van der Waals surface area contributed by atoms with Gasteiger partial charge in [0.15, 0.2) is 0 Å². The van der Waals surface area contributed by atoms with E-state index in [-0.39, 0.29) is 12.5 Å². The first-order valence-electron chi connectivity index (χ1n) is 7.81. The van der Waals surface area contributed by atoms with Crippen molar-refractivity contribution >= 4 is 34.0 Å². The number of amides is 1. The van der Waals surface area contributed by atoms with Crippen molar-refractivity contribution < 1.29 is 9.53 Å². The van der Waals surface area contributed by atoms with Gasteiger partial charge in [0.1, 0.15) is 24.5 Å². The van der Waals surface area contributed by atoms with Crippen LogP contribution >= 0.6 is 0 Å². The number of terminal acetylenes is 1. The van der Waals surface area contributed by atoms with Crippen LogP contribution in [0.1, 0.15) is 0 Å². The van der Waals surface area contributed by atoms with Crippen molar-refractivity contribution in [1.29, 1.82) is 0 Å². The fraction of sp³-hybridized carbons (Fsp3) is 0.0500. The lowest BCUT2D eigenvalue weighted by Crippen LogP contribution is -2.07. The molecular weight excluding hydrogens is 328 g/mol. The summed E-state index contributed by atoms with van der Waals surface area (Å²) in [5.74, 6) is 3.47. The predicted octanol–water partition coefficient (Wildman–Crippen LogP) is 3.51. The number of aromatic nitrogens is 2. The molecule has 0 fully saturated rings. The molecule has 26 heavy (non-hydrogen) atoms. The number of nitrogens with zero attached hydrogens (tertiary/aromatic N) is 2. The molecule has 0 saturated carbocycles. The van der Waals surface area contributed by atoms with Gasteiger partial charge in [0, 0.05) is 16.8 Å². The molecule has 6 heteroatoms. The van der Waals surface area contributed by atoms with Crippen LogP contribution in [-0.4, -0.2) is 22.5 Å². The normalized spacial score (nSPS) is 9.96. The Hall–Kier alpha value is -3.85. The highest BCUT2D eigenvalue weighted by Crippen LogP contribution is 2.27. The minimum absolute atomic E-state index is 0.194. The molecule has 0 aliphatic heterocycles. The van der Waals surface area contributed by atoms with Gasteiger partial charge >= 0.3 is 0 Å². The molecule has 0 radical (unpaired) electrons. The van der Waals surface area contributed by atoms with Gasteiger partial charge in [-0.25, -0.2) is 9.97 Å². The number of carbonyl (C=O) groups is 1. The molecule has 0 aliphatic carbocycles. The Morgan fingerprint density at radius 2 is 1.96 bits per heavy atom. The third kappa shape index (κ3) is 3.97. The Labute approximate surface area is 150 Å². The molecule has 6 nitrogen and oxygen atoms in total. The number of anilines is 3. The number of rotatable bonds is 6. The zero-order valence-electron chi connectivity index (χ0n) is 13.9. The van der Waals surface area contributed by atoms with Crippen LogP contribution < -0.4 is 15.4 Å². The molecule has 0 atom stereocenters. The second-order valence-electron chi connectivity index (χ2n) is 5.29. The first-order valence-corrected chi connectivity index (χ1v) is 7.81. The largest absolute Gasteiger partial charge is 0.481 e. The van der Waals surface area contributed by atoms with Crippen LogP contribution in [0.2, 0.25) is 0 Å². The zero-order chi connectivity index (χ0) is 18.4. The molecule has 0 saturated heterocycles. The Kier molecular flexibility index (Phi) is 5.11. The van der Waals surface area contributed by atoms with Crippen molar-refractivity contribution in [3.05, 3.63) is 61.4 Å². The third-order valence-electron chi connectivity index (χ3n) is 3.53. The van der Waals surface area contributed by atoms with Crippen molar-refractivity contribution in [2.24, 2.45) is 0 Å². The number of nitrogens with one attached hydrogen (secondary N) is 2. The fourth-order valence-corrected chi connectivity index (χ4v) is 2.32. The third-order valence-corrected chi connectivity index (χ3v) is 3.53. The zero-order valence-corrected chi connectivity index (χ0v) is 13.9. The summed E-state index contributed by atoms with van der Waals surface area (Å²) >= 11 is 0. The highest BCUT2D eigenvalue weighted by atomic mass is 16.5. The lowest BCUT2D eigenvalue weighted by Gasteiger charge is -2.10. The Morgan fingerprint density at radius 1 is 1.19 bits per heavy atom. The minimum atomic E-state index is -0.257. The molecule has 0 bridgehead atoms. The van der Waals surface area contributed by atoms with Crippen LogP contribution in [0, 0.1) is 12.3 Å². The summed E-state index contributed by atoms with van der Waals surface area (Å²) in [6.07, 6.45) is 7.94. The molecule has 1 heterocycles. The van der Waals surface area contributed by atoms with Crippen LogP contribution in [0.4, 0.5) is 17.2 Å². The summed E-state index contributed by atoms with van der Waals surface area (Å²) in [4.78, 5) is 19.9. The molecule has 0 spiro atoms. The number of hydrogen-bond donors (Lipinski definition) is 2. The maximum Gasteiger partial charge on any atom is 0.247 e. The van der Waals surface area contributed by atoms with Crippen molar-refractivity contribution in [2.75, 3.05) is 17.2 Å². The number of carbonyl (C=O) groups excluding carboxylic acids is 1. The van der Waals surface area contributed by atoms with Gasteiger partial charge in [-0.1, -0.05) is 12.5 Å². The molecular formula is C20H16N4O2. The topological polar surface area (TPSA) is 76.1 Å². The van der Waals surface area contributed by atoms with Gasteiger partial charge in [-0.3, -0.25) is 4.79 Å². The molecule has 0 aliphatic rings. The van der Waals surface area contributed by atoms with E-state index in [9.17, 15) is 4.79 Å². The predicted molar refractivity (Wildman–Crippen MR) is 102 cm³/mol. The molecule has 3 rings (SSSR count). The fourth-order valence-electron chi connectivity index (χ4n) is 2.32. The van der Waals surface area contributed by atoms with E-state index in [0.29, 0.717) is 17.3 Å². The second kappa shape index (κ2) is 7.81. The van der Waals surface area contributed by atoms with Crippen LogP contribution in [0.3, 0.4) is 0 Å². The quantitative estimate of drug-likeness (QED) is 0.529. The van der Waals surface area contributed by atoms with E-state index in [4.69, 9.17) is 11.2 Å². The van der Waals surface area contributed by atoms with Crippen molar-refractivity contribution in [3.8, 4) is 18.1 Å². The number of ether oxygens (including phenoxy) is 1. The lowest BCUT2D eigenvalue weighted by molar-refractivity contribution is -0.111. The maximum atomic E-state index is 11.3. The smallest absolute Gasteiger partial charge is 0.247 e. The first kappa shape index (κ1) is 17.0. The molecule has 0 unspecified atom stereocenters. The molecule has 2 aromatic carbocycles. The molecule has 1 aromatic heterocycles. The number of benzene rings is 2. The Bertz CT molecular complexity index is 991. The average molecular weight is 344 g/mol. The van der Waals surface area contributed by atoms with E-state index in [1.54, 1.807) is 12.1 Å². The van der Waals surface area contributed by atoms with Crippen LogP contribution in [-0.2, 0) is 4.79 Å². The highest BCUT2D eigenvalue weighted by Gasteiger charge is 2.06. The standard InChI is InChI=1S/C20H16N4O2/c1-3-11-26-16-9-10-18-17(12-16)20(22-13-21-18)24-15-7-5-14(6-8-15)23-19(25)4-2/h1,4-10,12-13H,2,11H2,(H,23,25)(H,21,22,24). The van der Waals surface area contributed by atoms with Gasteiger partial charge in [-0.05, 0) is 48.5 Å². The molecule has 2 N–H and O–H groups in total. The van der Waals surface area contributed by atoms with Gasteiger partial charge in [-0.15, -0.1) is 6.42 Å². The average Bonchev–Trinajstić information content (AvgIpc) is 2.68. The van der Waals surface area contributed by atoms with E-state index in [2.05, 4.69) is 33.1 Å². The highest BCUT2D eigenvalue weighted by molar-refractivity contribution is 5.99. The summed E-state index contributed by atoms with van der Waals surface area (Å²) in [5.41, 5.74) is 2.28. The van der Waals surface area contributed by atoms with E-state index in [1.165, 1.54) is 12.4 Å². The molecule has 3 aromatic rings. The Morgan fingerprint density at radius 3 is 2.69 bits per heavy atom. The van der Waals surface area contributed by atoms with Gasteiger partial charge in [0.2, 0.25) is 5.91 Å². The van der Waals surface area contributed by atoms with Crippen molar-refractivity contribution in [1.82, 2.24) is 9.97 Å². The monoisotopic (exact) mass is 344 g/mol. The maximum absolute atomic E-state index is 11.3. The summed E-state index contributed by atoms with van der Waals surface area (Å²) in [6.45, 7) is 3.62. The van der Waals surface area contributed by atoms with Crippen LogP contribution in [0.25, 0.3) is 10.9 Å².